The highest BCUT2D eigenvalue weighted by Gasteiger charge is 2.31. The van der Waals surface area contributed by atoms with Gasteiger partial charge in [0.15, 0.2) is 0 Å². The molecule has 0 aliphatic heterocycles. The maximum absolute atomic E-state index is 12.6. The van der Waals surface area contributed by atoms with Crippen molar-refractivity contribution in [2.24, 2.45) is 0 Å². The number of hydrogen-bond donors (Lipinski definition) is 2. The number of hydrogen-bond acceptors (Lipinski definition) is 3. The number of anilines is 3. The van der Waals surface area contributed by atoms with Gasteiger partial charge < -0.3 is 11.1 Å². The molecule has 1 aromatic heterocycles. The van der Waals surface area contributed by atoms with Gasteiger partial charge in [0, 0.05) is 11.8 Å². The Kier molecular flexibility index (Phi) is 3.96. The Labute approximate surface area is 122 Å². The fraction of sp³-hybridized carbons (Fsp3) is 0.0833. The van der Waals surface area contributed by atoms with Crippen LogP contribution in [0.15, 0.2) is 30.3 Å². The Morgan fingerprint density at radius 2 is 1.80 bits per heavy atom. The zero-order chi connectivity index (χ0) is 14.9. The lowest BCUT2D eigenvalue weighted by Crippen LogP contribution is -2.06. The quantitative estimate of drug-likeness (QED) is 0.786. The Morgan fingerprint density at radius 1 is 1.10 bits per heavy atom. The number of nitrogens with one attached hydrogen (secondary N) is 1. The predicted octanol–water partition coefficient (Wildman–Crippen LogP) is 4.73. The number of alkyl halides is 3. The van der Waals surface area contributed by atoms with Crippen molar-refractivity contribution >= 4 is 40.4 Å². The lowest BCUT2D eigenvalue weighted by molar-refractivity contribution is -0.137. The minimum absolute atomic E-state index is 0.0654. The van der Waals surface area contributed by atoms with Crippen LogP contribution < -0.4 is 11.1 Å². The zero-order valence-corrected chi connectivity index (χ0v) is 11.3. The van der Waals surface area contributed by atoms with Gasteiger partial charge in [0.25, 0.3) is 0 Å². The van der Waals surface area contributed by atoms with E-state index < -0.39 is 11.7 Å². The van der Waals surface area contributed by atoms with Crippen LogP contribution in [0.5, 0.6) is 0 Å². The molecule has 0 saturated carbocycles. The van der Waals surface area contributed by atoms with E-state index >= 15 is 0 Å². The number of nitrogens with zero attached hydrogens (tertiary/aromatic N) is 1. The van der Waals surface area contributed by atoms with Gasteiger partial charge in [-0.15, -0.1) is 0 Å². The molecule has 3 nitrogen and oxygen atoms in total. The van der Waals surface area contributed by atoms with Crippen molar-refractivity contribution in [2.45, 2.75) is 6.18 Å². The fourth-order valence-corrected chi connectivity index (χ4v) is 1.90. The van der Waals surface area contributed by atoms with E-state index in [1.54, 1.807) is 0 Å². The van der Waals surface area contributed by atoms with E-state index in [4.69, 9.17) is 28.9 Å². The molecule has 0 fully saturated rings. The van der Waals surface area contributed by atoms with E-state index in [-0.39, 0.29) is 21.7 Å². The fourth-order valence-electron chi connectivity index (χ4n) is 1.52. The molecule has 2 aromatic rings. The molecular formula is C12H8Cl2F3N3. The topological polar surface area (TPSA) is 50.9 Å². The lowest BCUT2D eigenvalue weighted by Gasteiger charge is -2.12. The van der Waals surface area contributed by atoms with Gasteiger partial charge in [0.05, 0.1) is 16.3 Å². The maximum Gasteiger partial charge on any atom is 0.416 e. The smallest absolute Gasteiger partial charge is 0.399 e. The molecule has 0 bridgehead atoms. The Balaban J connectivity index is 2.37. The van der Waals surface area contributed by atoms with Crippen LogP contribution in [0.4, 0.5) is 30.4 Å². The summed E-state index contributed by atoms with van der Waals surface area (Å²) < 4.78 is 37.9. The monoisotopic (exact) mass is 321 g/mol. The van der Waals surface area contributed by atoms with Crippen LogP contribution in [0, 0.1) is 0 Å². The molecule has 0 saturated heterocycles. The number of rotatable bonds is 2. The van der Waals surface area contributed by atoms with Crippen molar-refractivity contribution in [1.29, 1.82) is 0 Å². The van der Waals surface area contributed by atoms with E-state index in [1.807, 2.05) is 0 Å². The third-order valence-electron chi connectivity index (χ3n) is 2.37. The number of aromatic nitrogens is 1. The van der Waals surface area contributed by atoms with Crippen molar-refractivity contribution in [2.75, 3.05) is 11.1 Å². The predicted molar refractivity (Wildman–Crippen MR) is 73.4 cm³/mol. The molecule has 0 aliphatic rings. The summed E-state index contributed by atoms with van der Waals surface area (Å²) in [5.74, 6) is 0.205. The summed E-state index contributed by atoms with van der Waals surface area (Å²) in [6.07, 6.45) is -4.46. The highest BCUT2D eigenvalue weighted by Crippen LogP contribution is 2.35. The van der Waals surface area contributed by atoms with E-state index in [2.05, 4.69) is 10.3 Å². The highest BCUT2D eigenvalue weighted by atomic mass is 35.5. The van der Waals surface area contributed by atoms with Crippen LogP contribution in [0.3, 0.4) is 0 Å². The molecule has 0 aliphatic carbocycles. The summed E-state index contributed by atoms with van der Waals surface area (Å²) >= 11 is 11.6. The number of nitrogens with two attached hydrogens (primary N) is 1. The van der Waals surface area contributed by atoms with Crippen molar-refractivity contribution in [3.63, 3.8) is 0 Å². The first kappa shape index (κ1) is 14.7. The number of pyridine rings is 1. The molecule has 0 radical (unpaired) electrons. The minimum atomic E-state index is -4.46. The molecule has 0 unspecified atom stereocenters. The van der Waals surface area contributed by atoms with Gasteiger partial charge in [-0.25, -0.2) is 4.98 Å². The van der Waals surface area contributed by atoms with Gasteiger partial charge in [0.2, 0.25) is 0 Å². The molecule has 0 amide bonds. The number of benzene rings is 1. The van der Waals surface area contributed by atoms with E-state index in [0.717, 1.165) is 18.2 Å². The second-order valence-corrected chi connectivity index (χ2v) is 4.72. The Morgan fingerprint density at radius 3 is 2.40 bits per heavy atom. The average molecular weight is 322 g/mol. The second kappa shape index (κ2) is 5.38. The summed E-state index contributed by atoms with van der Waals surface area (Å²) in [6.45, 7) is 0. The van der Waals surface area contributed by atoms with Crippen LogP contribution in [0.25, 0.3) is 0 Å². The number of halogens is 5. The summed E-state index contributed by atoms with van der Waals surface area (Å²) in [7, 11) is 0. The van der Waals surface area contributed by atoms with E-state index in [0.29, 0.717) is 5.69 Å². The van der Waals surface area contributed by atoms with Gasteiger partial charge in [0.1, 0.15) is 11.0 Å². The average Bonchev–Trinajstić information content (AvgIpc) is 2.29. The van der Waals surface area contributed by atoms with Gasteiger partial charge in [-0.1, -0.05) is 23.2 Å². The molecule has 106 valence electrons. The molecule has 3 N–H and O–H groups in total. The summed E-state index contributed by atoms with van der Waals surface area (Å²) in [5.41, 5.74) is 5.15. The third-order valence-corrected chi connectivity index (χ3v) is 2.90. The molecular weight excluding hydrogens is 314 g/mol. The lowest BCUT2D eigenvalue weighted by atomic mass is 10.2. The first-order chi connectivity index (χ1) is 9.25. The van der Waals surface area contributed by atoms with Crippen molar-refractivity contribution in [3.8, 4) is 0 Å². The Bertz CT molecular complexity index is 624. The largest absolute Gasteiger partial charge is 0.416 e. The van der Waals surface area contributed by atoms with Gasteiger partial charge in [-0.05, 0) is 24.3 Å². The SMILES string of the molecule is Nc1cc(Cl)nc(Nc2cc(C(F)(F)F)ccc2Cl)c1. The highest BCUT2D eigenvalue weighted by molar-refractivity contribution is 6.33. The van der Waals surface area contributed by atoms with Crippen LogP contribution in [-0.2, 0) is 6.18 Å². The van der Waals surface area contributed by atoms with E-state index in [1.165, 1.54) is 12.1 Å². The molecule has 20 heavy (non-hydrogen) atoms. The number of nitrogen functional groups attached to an aromatic ring is 1. The first-order valence-electron chi connectivity index (χ1n) is 5.32. The van der Waals surface area contributed by atoms with Crippen LogP contribution >= 0.6 is 23.2 Å². The molecule has 2 rings (SSSR count). The standard InChI is InChI=1S/C12H8Cl2F3N3/c13-8-2-1-6(12(15,16)17)3-9(8)19-11-5-7(18)4-10(14)20-11/h1-5H,(H3,18,19,20). The Hall–Kier alpha value is -1.66. The molecule has 8 heteroatoms. The van der Waals surface area contributed by atoms with E-state index in [9.17, 15) is 13.2 Å². The molecule has 0 atom stereocenters. The zero-order valence-electron chi connectivity index (χ0n) is 9.80. The van der Waals surface area contributed by atoms with Crippen molar-refractivity contribution < 1.29 is 13.2 Å². The van der Waals surface area contributed by atoms with Crippen LogP contribution in [0.1, 0.15) is 5.56 Å². The van der Waals surface area contributed by atoms with Crippen molar-refractivity contribution in [1.82, 2.24) is 4.98 Å². The normalized spacial score (nSPS) is 11.4. The maximum atomic E-state index is 12.6. The van der Waals surface area contributed by atoms with Gasteiger partial charge in [-0.2, -0.15) is 13.2 Å². The van der Waals surface area contributed by atoms with Crippen molar-refractivity contribution in [3.05, 3.63) is 46.1 Å². The minimum Gasteiger partial charge on any atom is -0.399 e. The molecule has 1 heterocycles. The summed E-state index contributed by atoms with van der Waals surface area (Å²) in [5, 5.41) is 2.90. The van der Waals surface area contributed by atoms with Crippen LogP contribution in [-0.4, -0.2) is 4.98 Å². The van der Waals surface area contributed by atoms with Gasteiger partial charge >= 0.3 is 6.18 Å². The molecule has 0 spiro atoms. The first-order valence-corrected chi connectivity index (χ1v) is 6.08. The third kappa shape index (κ3) is 3.46. The molecule has 1 aromatic carbocycles. The van der Waals surface area contributed by atoms with Crippen LogP contribution in [0.2, 0.25) is 10.2 Å². The second-order valence-electron chi connectivity index (χ2n) is 3.93. The summed E-state index contributed by atoms with van der Waals surface area (Å²) in [4.78, 5) is 3.90. The van der Waals surface area contributed by atoms with Gasteiger partial charge in [-0.3, -0.25) is 0 Å². The summed E-state index contributed by atoms with van der Waals surface area (Å²) in [6, 6.07) is 5.79.